The summed E-state index contributed by atoms with van der Waals surface area (Å²) in [6.45, 7) is 6.07. The number of fused-ring (bicyclic) bond motifs is 3. The molecule has 0 aliphatic rings. The number of rotatable bonds is 3. The fraction of sp³-hybridized carbons (Fsp3) is 0.312. The molecule has 23 heavy (non-hydrogen) atoms. The fourth-order valence-electron chi connectivity index (χ4n) is 2.27. The van der Waals surface area contributed by atoms with Crippen LogP contribution in [-0.4, -0.2) is 22.1 Å². The quantitative estimate of drug-likeness (QED) is 0.686. The lowest BCUT2D eigenvalue weighted by molar-refractivity contribution is 0.103. The molecule has 3 rings (SSSR count). The molecule has 2 heterocycles. The van der Waals surface area contributed by atoms with E-state index in [4.69, 9.17) is 4.74 Å². The van der Waals surface area contributed by atoms with Crippen LogP contribution in [-0.2, 0) is 4.74 Å². The number of carbonyl (C=O) groups excluding carboxylic acids is 1. The lowest BCUT2D eigenvalue weighted by Crippen LogP contribution is -2.20. The maximum Gasteiger partial charge on any atom is 0.514 e. The lowest BCUT2D eigenvalue weighted by atomic mass is 10.0. The minimum absolute atomic E-state index is 0.145. The van der Waals surface area contributed by atoms with Gasteiger partial charge in [-0.1, -0.05) is 31.3 Å². The molecule has 0 aliphatic carbocycles. The van der Waals surface area contributed by atoms with Crippen LogP contribution < -0.4 is 10.3 Å². The van der Waals surface area contributed by atoms with Crippen LogP contribution in [0, 0.1) is 0 Å². The number of benzene rings is 1. The number of aromatic nitrogens is 2. The minimum atomic E-state index is -0.909. The average Bonchev–Trinajstić information content (AvgIpc) is 2.88. The first-order valence-corrected chi connectivity index (χ1v) is 8.11. The van der Waals surface area contributed by atoms with Gasteiger partial charge in [-0.05, 0) is 30.5 Å². The summed E-state index contributed by atoms with van der Waals surface area (Å²) >= 11 is 1.43. The Morgan fingerprint density at radius 3 is 2.87 bits per heavy atom. The van der Waals surface area contributed by atoms with Crippen molar-refractivity contribution in [1.82, 2.24) is 9.38 Å². The Bertz CT molecular complexity index is 942. The Labute approximate surface area is 136 Å². The molecule has 0 atom stereocenters. The van der Waals surface area contributed by atoms with Crippen molar-refractivity contribution in [3.8, 4) is 5.75 Å². The first-order valence-electron chi connectivity index (χ1n) is 7.30. The summed E-state index contributed by atoms with van der Waals surface area (Å²) in [6, 6.07) is 5.94. The highest BCUT2D eigenvalue weighted by molar-refractivity contribution is 7.23. The van der Waals surface area contributed by atoms with E-state index in [2.05, 4.69) is 29.6 Å². The van der Waals surface area contributed by atoms with Crippen LogP contribution in [0.4, 0.5) is 4.79 Å². The number of carbonyl (C=O) groups is 1. The number of nitrogens with zero attached hydrogens (tertiary/aromatic N) is 2. The van der Waals surface area contributed by atoms with E-state index in [1.54, 1.807) is 6.92 Å². The van der Waals surface area contributed by atoms with Gasteiger partial charge in [0.05, 0.1) is 23.0 Å². The van der Waals surface area contributed by atoms with E-state index in [1.165, 1.54) is 27.5 Å². The predicted octanol–water partition coefficient (Wildman–Crippen LogP) is 3.57. The average molecular weight is 332 g/mol. The van der Waals surface area contributed by atoms with E-state index in [1.807, 2.05) is 12.1 Å². The first-order chi connectivity index (χ1) is 11.0. The van der Waals surface area contributed by atoms with Crippen molar-refractivity contribution in [3.05, 3.63) is 40.3 Å². The summed E-state index contributed by atoms with van der Waals surface area (Å²) in [5, 5.41) is 0. The molecule has 0 spiro atoms. The molecule has 0 amide bonds. The summed E-state index contributed by atoms with van der Waals surface area (Å²) in [5.41, 5.74) is 1.52. The highest BCUT2D eigenvalue weighted by atomic mass is 32.1. The zero-order chi connectivity index (χ0) is 16.6. The third-order valence-corrected chi connectivity index (χ3v) is 4.46. The summed E-state index contributed by atoms with van der Waals surface area (Å²) in [4.78, 5) is 28.7. The van der Waals surface area contributed by atoms with Crippen molar-refractivity contribution in [1.29, 1.82) is 0 Å². The molecule has 1 aromatic carbocycles. The van der Waals surface area contributed by atoms with Gasteiger partial charge < -0.3 is 9.47 Å². The molecule has 7 heteroatoms. The molecule has 2 aromatic heterocycles. The smallest absolute Gasteiger partial charge is 0.434 e. The number of hydrogen-bond acceptors (Lipinski definition) is 6. The Kier molecular flexibility index (Phi) is 4.04. The van der Waals surface area contributed by atoms with Crippen LogP contribution in [0.5, 0.6) is 5.75 Å². The van der Waals surface area contributed by atoms with Gasteiger partial charge in [0.25, 0.3) is 0 Å². The first kappa shape index (κ1) is 15.5. The summed E-state index contributed by atoms with van der Waals surface area (Å²) in [5.74, 6) is 0.255. The zero-order valence-corrected chi connectivity index (χ0v) is 13.8. The molecule has 6 nitrogen and oxygen atoms in total. The standard InChI is InChI=1S/C16H16N2O4S/c1-4-21-16(20)22-12-8-17-15-18(14(12)19)11-6-5-10(9(2)3)7-13(11)23-15/h5-9H,4H2,1-3H3. The molecule has 0 radical (unpaired) electrons. The Balaban J connectivity index is 2.14. The topological polar surface area (TPSA) is 69.9 Å². The van der Waals surface area contributed by atoms with Gasteiger partial charge in [0.1, 0.15) is 0 Å². The molecule has 0 fully saturated rings. The molecule has 0 aliphatic heterocycles. The van der Waals surface area contributed by atoms with Crippen LogP contribution in [0.25, 0.3) is 15.2 Å². The van der Waals surface area contributed by atoms with Gasteiger partial charge in [-0.15, -0.1) is 0 Å². The van der Waals surface area contributed by atoms with Gasteiger partial charge in [0.15, 0.2) is 4.96 Å². The molecule has 0 bridgehead atoms. The zero-order valence-electron chi connectivity index (χ0n) is 13.0. The highest BCUT2D eigenvalue weighted by Crippen LogP contribution is 2.28. The van der Waals surface area contributed by atoms with Gasteiger partial charge in [-0.3, -0.25) is 4.79 Å². The van der Waals surface area contributed by atoms with Gasteiger partial charge in [-0.2, -0.15) is 0 Å². The Hall–Kier alpha value is -2.41. The summed E-state index contributed by atoms with van der Waals surface area (Å²) in [6.07, 6.45) is 0.348. The van der Waals surface area contributed by atoms with Crippen molar-refractivity contribution in [3.63, 3.8) is 0 Å². The van der Waals surface area contributed by atoms with Crippen molar-refractivity contribution in [2.75, 3.05) is 6.61 Å². The second-order valence-corrected chi connectivity index (χ2v) is 6.32. The largest absolute Gasteiger partial charge is 0.514 e. The van der Waals surface area contributed by atoms with Crippen LogP contribution in [0.3, 0.4) is 0 Å². The van der Waals surface area contributed by atoms with Gasteiger partial charge in [0, 0.05) is 0 Å². The Morgan fingerprint density at radius 2 is 2.17 bits per heavy atom. The van der Waals surface area contributed by atoms with E-state index < -0.39 is 11.7 Å². The van der Waals surface area contributed by atoms with Crippen LogP contribution in [0.1, 0.15) is 32.3 Å². The molecule has 0 unspecified atom stereocenters. The monoisotopic (exact) mass is 332 g/mol. The second-order valence-electron chi connectivity index (χ2n) is 5.31. The van der Waals surface area contributed by atoms with Crippen LogP contribution in [0.2, 0.25) is 0 Å². The van der Waals surface area contributed by atoms with Crippen molar-refractivity contribution in [2.24, 2.45) is 0 Å². The van der Waals surface area contributed by atoms with Crippen molar-refractivity contribution in [2.45, 2.75) is 26.7 Å². The number of thiazole rings is 1. The third-order valence-electron chi connectivity index (χ3n) is 3.45. The molecule has 120 valence electrons. The van der Waals surface area contributed by atoms with Crippen molar-refractivity contribution >= 4 is 32.7 Å². The summed E-state index contributed by atoms with van der Waals surface area (Å²) < 4.78 is 12.0. The molecule has 0 N–H and O–H groups in total. The molecule has 0 saturated heterocycles. The van der Waals surface area contributed by atoms with Gasteiger partial charge >= 0.3 is 11.7 Å². The van der Waals surface area contributed by atoms with Crippen LogP contribution in [0.15, 0.2) is 29.2 Å². The maximum atomic E-state index is 12.6. The van der Waals surface area contributed by atoms with Gasteiger partial charge in [0.2, 0.25) is 5.75 Å². The number of hydrogen-bond donors (Lipinski definition) is 0. The second kappa shape index (κ2) is 6.00. The fourth-order valence-corrected chi connectivity index (χ4v) is 3.30. The molecular weight excluding hydrogens is 316 g/mol. The Morgan fingerprint density at radius 1 is 1.39 bits per heavy atom. The van der Waals surface area contributed by atoms with Crippen LogP contribution >= 0.6 is 11.3 Å². The van der Waals surface area contributed by atoms with E-state index in [9.17, 15) is 9.59 Å². The van der Waals surface area contributed by atoms with E-state index in [0.717, 1.165) is 10.2 Å². The third kappa shape index (κ3) is 2.79. The van der Waals surface area contributed by atoms with Crippen molar-refractivity contribution < 1.29 is 14.3 Å². The predicted molar refractivity (Wildman–Crippen MR) is 88.6 cm³/mol. The van der Waals surface area contributed by atoms with E-state index in [0.29, 0.717) is 10.9 Å². The summed E-state index contributed by atoms with van der Waals surface area (Å²) in [7, 11) is 0. The van der Waals surface area contributed by atoms with E-state index >= 15 is 0 Å². The molecule has 3 aromatic rings. The number of ether oxygens (including phenoxy) is 2. The molecular formula is C16H16N2O4S. The molecule has 0 saturated carbocycles. The lowest BCUT2D eigenvalue weighted by Gasteiger charge is -2.05. The van der Waals surface area contributed by atoms with Gasteiger partial charge in [-0.25, -0.2) is 14.2 Å². The SMILES string of the molecule is CCOC(=O)Oc1cnc2sc3cc(C(C)C)ccc3n2c1=O. The maximum absolute atomic E-state index is 12.6. The highest BCUT2D eigenvalue weighted by Gasteiger charge is 2.15. The van der Waals surface area contributed by atoms with E-state index in [-0.39, 0.29) is 12.4 Å². The minimum Gasteiger partial charge on any atom is -0.434 e. The normalized spacial score (nSPS) is 11.3.